The number of carbonyl (C=O) groups is 1. The molecule has 7 heteroatoms. The van der Waals surface area contributed by atoms with Crippen molar-refractivity contribution in [1.82, 2.24) is 4.90 Å². The van der Waals surface area contributed by atoms with Gasteiger partial charge in [0.15, 0.2) is 0 Å². The summed E-state index contributed by atoms with van der Waals surface area (Å²) in [6.45, 7) is 7.98. The number of benzene rings is 3. The zero-order valence-electron chi connectivity index (χ0n) is 20.9. The molecule has 37 heavy (non-hydrogen) atoms. The number of hydrogen-bond donors (Lipinski definition) is 0. The molecule has 0 unspecified atom stereocenters. The molecule has 1 saturated heterocycles. The smallest absolute Gasteiger partial charge is 0.278 e. The first-order chi connectivity index (χ1) is 17.8. The van der Waals surface area contributed by atoms with Gasteiger partial charge in [-0.3, -0.25) is 14.6 Å². The third-order valence-electron chi connectivity index (χ3n) is 7.40. The minimum Gasteiger partial charge on any atom is -0.367 e. The second-order valence-corrected chi connectivity index (χ2v) is 10.3. The van der Waals surface area contributed by atoms with Crippen molar-refractivity contribution in [3.8, 4) is 0 Å². The van der Waals surface area contributed by atoms with Gasteiger partial charge in [-0.25, -0.2) is 13.8 Å². The molecule has 1 amide bonds. The zero-order valence-corrected chi connectivity index (χ0v) is 20.9. The lowest BCUT2D eigenvalue weighted by Gasteiger charge is -2.41. The molecule has 6 rings (SSSR count). The monoisotopic (exact) mass is 498 g/mol. The fourth-order valence-electron chi connectivity index (χ4n) is 5.66. The first-order valence-electron chi connectivity index (χ1n) is 12.6. The van der Waals surface area contributed by atoms with E-state index in [2.05, 4.69) is 26.9 Å². The summed E-state index contributed by atoms with van der Waals surface area (Å²) in [5.41, 5.74) is 4.94. The Morgan fingerprint density at radius 3 is 2.30 bits per heavy atom. The molecule has 0 bridgehead atoms. The predicted molar refractivity (Wildman–Crippen MR) is 144 cm³/mol. The highest BCUT2D eigenvalue weighted by molar-refractivity contribution is 6.55. The van der Waals surface area contributed by atoms with E-state index in [1.807, 2.05) is 43.0 Å². The summed E-state index contributed by atoms with van der Waals surface area (Å²) in [5, 5.41) is 0. The molecule has 3 aliphatic heterocycles. The summed E-state index contributed by atoms with van der Waals surface area (Å²) in [5.74, 6) is -0.672. The van der Waals surface area contributed by atoms with E-state index >= 15 is 0 Å². The Hall–Kier alpha value is -3.84. The van der Waals surface area contributed by atoms with Crippen LogP contribution in [-0.2, 0) is 4.79 Å². The minimum absolute atomic E-state index is 0.148. The summed E-state index contributed by atoms with van der Waals surface area (Å²) in [6, 6.07) is 18.8. The van der Waals surface area contributed by atoms with Gasteiger partial charge in [-0.05, 0) is 55.8 Å². The van der Waals surface area contributed by atoms with Crippen molar-refractivity contribution in [2.24, 2.45) is 4.99 Å². The van der Waals surface area contributed by atoms with Gasteiger partial charge in [0.2, 0.25) is 0 Å². The van der Waals surface area contributed by atoms with Gasteiger partial charge in [-0.2, -0.15) is 0 Å². The first-order valence-corrected chi connectivity index (χ1v) is 12.6. The molecule has 3 heterocycles. The Bertz CT molecular complexity index is 1440. The molecule has 0 atom stereocenters. The Labute approximate surface area is 215 Å². The molecule has 0 radical (unpaired) electrons. The molecule has 0 aromatic heterocycles. The van der Waals surface area contributed by atoms with E-state index in [0.717, 1.165) is 49.5 Å². The highest BCUT2D eigenvalue weighted by atomic mass is 19.1. The maximum Gasteiger partial charge on any atom is 0.278 e. The number of piperazine rings is 1. The van der Waals surface area contributed by atoms with E-state index < -0.39 is 5.54 Å². The number of rotatable bonds is 4. The van der Waals surface area contributed by atoms with Crippen molar-refractivity contribution in [2.75, 3.05) is 42.5 Å². The molecule has 0 saturated carbocycles. The number of carbonyl (C=O) groups excluding carboxylic acids is 1. The molecule has 3 aromatic rings. The van der Waals surface area contributed by atoms with Crippen molar-refractivity contribution < 1.29 is 13.6 Å². The van der Waals surface area contributed by atoms with E-state index in [9.17, 15) is 13.6 Å². The van der Waals surface area contributed by atoms with Crippen molar-refractivity contribution in [2.45, 2.75) is 19.4 Å². The van der Waals surface area contributed by atoms with Crippen molar-refractivity contribution in [3.05, 3.63) is 95.6 Å². The van der Waals surface area contributed by atoms with Crippen LogP contribution in [0.4, 0.5) is 25.8 Å². The quantitative estimate of drug-likeness (QED) is 0.482. The van der Waals surface area contributed by atoms with Gasteiger partial charge < -0.3 is 4.90 Å². The lowest BCUT2D eigenvalue weighted by molar-refractivity contribution is -0.112. The Morgan fingerprint density at radius 2 is 1.57 bits per heavy atom. The SMILES string of the molecule is CC1(C)C=C(CN2CCN(c3ccccc3F)CC2)c2cccc3c2N1C(=O)C3=Nc1ccc(F)cc1. The first kappa shape index (κ1) is 23.6. The van der Waals surface area contributed by atoms with Gasteiger partial charge in [0.25, 0.3) is 5.91 Å². The number of aliphatic imine (C=N–C) groups is 1. The second kappa shape index (κ2) is 8.92. The predicted octanol–water partition coefficient (Wildman–Crippen LogP) is 5.43. The summed E-state index contributed by atoms with van der Waals surface area (Å²) in [4.78, 5) is 24.6. The number of nitrogens with zero attached hydrogens (tertiary/aromatic N) is 4. The van der Waals surface area contributed by atoms with Crippen LogP contribution < -0.4 is 9.80 Å². The van der Waals surface area contributed by atoms with Crippen molar-refractivity contribution in [1.29, 1.82) is 0 Å². The Kier molecular flexibility index (Phi) is 5.68. The fourth-order valence-corrected chi connectivity index (χ4v) is 5.66. The Morgan fingerprint density at radius 1 is 0.865 bits per heavy atom. The van der Waals surface area contributed by atoms with Crippen LogP contribution in [0.3, 0.4) is 0 Å². The molecule has 0 aliphatic carbocycles. The molecule has 1 fully saturated rings. The number of halogens is 2. The van der Waals surface area contributed by atoms with Crippen LogP contribution in [0.25, 0.3) is 5.57 Å². The highest BCUT2D eigenvalue weighted by Gasteiger charge is 2.45. The standard InChI is InChI=1S/C30H28F2N4O/c1-30(2)18-20(19-34-14-16-35(17-15-34)26-9-4-3-8-25(26)32)23-6-5-7-24-27(29(37)36(30)28(23)24)33-22-12-10-21(31)11-13-22/h3-13,18H,14-17,19H2,1-2H3. The van der Waals surface area contributed by atoms with Crippen LogP contribution in [0.15, 0.2) is 77.8 Å². The molecular weight excluding hydrogens is 470 g/mol. The summed E-state index contributed by atoms with van der Waals surface area (Å²) < 4.78 is 27.7. The normalized spacial score (nSPS) is 19.8. The lowest BCUT2D eigenvalue weighted by Crippen LogP contribution is -2.50. The van der Waals surface area contributed by atoms with Gasteiger partial charge in [0, 0.05) is 43.9 Å². The zero-order chi connectivity index (χ0) is 25.7. The highest BCUT2D eigenvalue weighted by Crippen LogP contribution is 2.46. The second-order valence-electron chi connectivity index (χ2n) is 10.3. The van der Waals surface area contributed by atoms with Crippen LogP contribution in [-0.4, -0.2) is 54.8 Å². The van der Waals surface area contributed by atoms with Gasteiger partial charge in [-0.1, -0.05) is 36.4 Å². The van der Waals surface area contributed by atoms with Crippen LogP contribution in [0.2, 0.25) is 0 Å². The summed E-state index contributed by atoms with van der Waals surface area (Å²) in [6.07, 6.45) is 2.18. The van der Waals surface area contributed by atoms with Gasteiger partial charge in [0.1, 0.15) is 17.3 Å². The number of amides is 1. The third kappa shape index (κ3) is 4.13. The summed E-state index contributed by atoms with van der Waals surface area (Å²) >= 11 is 0. The molecule has 5 nitrogen and oxygen atoms in total. The van der Waals surface area contributed by atoms with E-state index in [-0.39, 0.29) is 17.5 Å². The average Bonchev–Trinajstić information content (AvgIpc) is 3.17. The van der Waals surface area contributed by atoms with Crippen LogP contribution in [0.5, 0.6) is 0 Å². The van der Waals surface area contributed by atoms with Gasteiger partial charge >= 0.3 is 0 Å². The summed E-state index contributed by atoms with van der Waals surface area (Å²) in [7, 11) is 0. The minimum atomic E-state index is -0.537. The van der Waals surface area contributed by atoms with Crippen LogP contribution in [0.1, 0.15) is 25.0 Å². The van der Waals surface area contributed by atoms with Gasteiger partial charge in [0.05, 0.1) is 22.6 Å². The van der Waals surface area contributed by atoms with E-state index in [1.54, 1.807) is 18.2 Å². The maximum absolute atomic E-state index is 14.3. The number of anilines is 2. The van der Waals surface area contributed by atoms with Crippen molar-refractivity contribution >= 4 is 34.3 Å². The van der Waals surface area contributed by atoms with Crippen molar-refractivity contribution in [3.63, 3.8) is 0 Å². The van der Waals surface area contributed by atoms with Gasteiger partial charge in [-0.15, -0.1) is 0 Å². The largest absolute Gasteiger partial charge is 0.367 e. The fraction of sp³-hybridized carbons (Fsp3) is 0.267. The van der Waals surface area contributed by atoms with Crippen LogP contribution in [0, 0.1) is 11.6 Å². The lowest BCUT2D eigenvalue weighted by atomic mass is 9.88. The molecule has 3 aromatic carbocycles. The van der Waals surface area contributed by atoms with E-state index in [4.69, 9.17) is 0 Å². The molecule has 0 N–H and O–H groups in total. The molecule has 188 valence electrons. The van der Waals surface area contributed by atoms with E-state index in [0.29, 0.717) is 17.1 Å². The average molecular weight is 499 g/mol. The maximum atomic E-state index is 14.3. The molecule has 3 aliphatic rings. The topological polar surface area (TPSA) is 39.1 Å². The Balaban J connectivity index is 1.28. The third-order valence-corrected chi connectivity index (χ3v) is 7.40. The number of hydrogen-bond acceptors (Lipinski definition) is 4. The molecular formula is C30H28F2N4O. The molecule has 0 spiro atoms. The number of para-hydroxylation sites is 2. The van der Waals surface area contributed by atoms with Crippen LogP contribution >= 0.6 is 0 Å². The van der Waals surface area contributed by atoms with E-state index in [1.165, 1.54) is 23.8 Å².